The first-order valence-electron chi connectivity index (χ1n) is 8.57. The van der Waals surface area contributed by atoms with Crippen molar-refractivity contribution in [3.8, 4) is 0 Å². The van der Waals surface area contributed by atoms with Crippen molar-refractivity contribution in [3.05, 3.63) is 59.9 Å². The maximum Gasteiger partial charge on any atom is 0.323 e. The van der Waals surface area contributed by atoms with Crippen LogP contribution in [-0.4, -0.2) is 28.6 Å². The van der Waals surface area contributed by atoms with E-state index in [9.17, 15) is 4.79 Å². The lowest BCUT2D eigenvalue weighted by Crippen LogP contribution is -2.34. The number of nitrogens with two attached hydrogens (primary N) is 1. The zero-order valence-electron chi connectivity index (χ0n) is 14.9. The number of ether oxygens (including phenoxy) is 1. The van der Waals surface area contributed by atoms with Crippen LogP contribution in [0.3, 0.4) is 0 Å². The summed E-state index contributed by atoms with van der Waals surface area (Å²) in [6, 6.07) is 13.1. The lowest BCUT2D eigenvalue weighted by molar-refractivity contribution is -0.144. The Kier molecular flexibility index (Phi) is 5.43. The van der Waals surface area contributed by atoms with Crippen molar-refractivity contribution in [3.63, 3.8) is 0 Å². The summed E-state index contributed by atoms with van der Waals surface area (Å²) < 4.78 is 4.94. The summed E-state index contributed by atoms with van der Waals surface area (Å²) in [7, 11) is 0. The van der Waals surface area contributed by atoms with Crippen LogP contribution in [-0.2, 0) is 16.0 Å². The molecular weight excluding hydrogens is 328 g/mol. The van der Waals surface area contributed by atoms with Crippen LogP contribution in [0.15, 0.2) is 48.8 Å². The third kappa shape index (κ3) is 3.97. The number of carbonyl (C=O) groups excluding carboxylic acids is 1. The summed E-state index contributed by atoms with van der Waals surface area (Å²) >= 11 is 0. The van der Waals surface area contributed by atoms with Crippen LogP contribution in [0.1, 0.15) is 18.1 Å². The van der Waals surface area contributed by atoms with Crippen molar-refractivity contribution in [1.29, 1.82) is 0 Å². The maximum atomic E-state index is 11.6. The fourth-order valence-corrected chi connectivity index (χ4v) is 2.82. The molecule has 3 aromatic rings. The first kappa shape index (κ1) is 17.8. The lowest BCUT2D eigenvalue weighted by Gasteiger charge is -2.12. The Hall–Kier alpha value is -2.99. The van der Waals surface area contributed by atoms with Gasteiger partial charge in [-0.25, -0.2) is 9.97 Å². The van der Waals surface area contributed by atoms with E-state index < -0.39 is 6.04 Å². The highest BCUT2D eigenvalue weighted by Gasteiger charge is 2.15. The number of rotatable bonds is 6. The first-order valence-corrected chi connectivity index (χ1v) is 8.57. The van der Waals surface area contributed by atoms with Gasteiger partial charge in [0.2, 0.25) is 0 Å². The van der Waals surface area contributed by atoms with Crippen LogP contribution in [0.2, 0.25) is 0 Å². The SMILES string of the molecule is CCOC(=O)[C@@H](N)Cc1ccc(Nc2ncnc3cccc(C)c23)cc1. The maximum absolute atomic E-state index is 11.6. The second-order valence-electron chi connectivity index (χ2n) is 6.08. The molecule has 1 heterocycles. The number of hydrogen-bond donors (Lipinski definition) is 2. The van der Waals surface area contributed by atoms with E-state index in [-0.39, 0.29) is 5.97 Å². The molecule has 26 heavy (non-hydrogen) atoms. The van der Waals surface area contributed by atoms with Crippen molar-refractivity contribution < 1.29 is 9.53 Å². The molecule has 0 bridgehead atoms. The minimum atomic E-state index is -0.651. The van der Waals surface area contributed by atoms with Gasteiger partial charge in [-0.2, -0.15) is 0 Å². The summed E-state index contributed by atoms with van der Waals surface area (Å²) in [6.07, 6.45) is 1.99. The Morgan fingerprint density at radius 1 is 1.19 bits per heavy atom. The standard InChI is InChI=1S/C20H22N4O2/c1-3-26-20(25)16(21)11-14-7-9-15(10-8-14)24-19-18-13(2)5-4-6-17(18)22-12-23-19/h4-10,12,16H,3,11,21H2,1-2H3,(H,22,23,24)/t16-/m0/s1. The number of hydrogen-bond acceptors (Lipinski definition) is 6. The van der Waals surface area contributed by atoms with E-state index in [2.05, 4.69) is 15.3 Å². The van der Waals surface area contributed by atoms with Crippen LogP contribution in [0, 0.1) is 6.92 Å². The van der Waals surface area contributed by atoms with Gasteiger partial charge in [-0.1, -0.05) is 24.3 Å². The second-order valence-corrected chi connectivity index (χ2v) is 6.08. The first-order chi connectivity index (χ1) is 12.6. The van der Waals surface area contributed by atoms with Gasteiger partial charge in [0.25, 0.3) is 0 Å². The fourth-order valence-electron chi connectivity index (χ4n) is 2.82. The fraction of sp³-hybridized carbons (Fsp3) is 0.250. The molecule has 0 saturated carbocycles. The number of nitrogens with zero attached hydrogens (tertiary/aromatic N) is 2. The molecule has 6 nitrogen and oxygen atoms in total. The normalized spacial score (nSPS) is 12.0. The zero-order chi connectivity index (χ0) is 18.5. The molecule has 0 unspecified atom stereocenters. The van der Waals surface area contributed by atoms with E-state index in [1.54, 1.807) is 13.3 Å². The number of benzene rings is 2. The van der Waals surface area contributed by atoms with Crippen molar-refractivity contribution in [2.45, 2.75) is 26.3 Å². The van der Waals surface area contributed by atoms with Crippen molar-refractivity contribution in [1.82, 2.24) is 9.97 Å². The smallest absolute Gasteiger partial charge is 0.323 e. The Morgan fingerprint density at radius 3 is 2.69 bits per heavy atom. The molecule has 2 aromatic carbocycles. The van der Waals surface area contributed by atoms with Gasteiger partial charge in [-0.15, -0.1) is 0 Å². The van der Waals surface area contributed by atoms with E-state index in [0.717, 1.165) is 33.5 Å². The van der Waals surface area contributed by atoms with Crippen molar-refractivity contribution in [2.24, 2.45) is 5.73 Å². The molecule has 3 rings (SSSR count). The molecule has 0 aliphatic rings. The topological polar surface area (TPSA) is 90.1 Å². The van der Waals surface area contributed by atoms with E-state index >= 15 is 0 Å². The zero-order valence-corrected chi connectivity index (χ0v) is 14.9. The Morgan fingerprint density at radius 2 is 1.96 bits per heavy atom. The van der Waals surface area contributed by atoms with Gasteiger partial charge < -0.3 is 15.8 Å². The minimum absolute atomic E-state index is 0.335. The summed E-state index contributed by atoms with van der Waals surface area (Å²) in [6.45, 7) is 4.14. The number of fused-ring (bicyclic) bond motifs is 1. The summed E-state index contributed by atoms with van der Waals surface area (Å²) in [4.78, 5) is 20.3. The largest absolute Gasteiger partial charge is 0.465 e. The van der Waals surface area contributed by atoms with Crippen LogP contribution in [0.4, 0.5) is 11.5 Å². The van der Waals surface area contributed by atoms with Gasteiger partial charge >= 0.3 is 5.97 Å². The van der Waals surface area contributed by atoms with E-state index in [4.69, 9.17) is 10.5 Å². The highest BCUT2D eigenvalue weighted by molar-refractivity contribution is 5.93. The monoisotopic (exact) mass is 350 g/mol. The molecule has 1 atom stereocenters. The highest BCUT2D eigenvalue weighted by atomic mass is 16.5. The summed E-state index contributed by atoms with van der Waals surface area (Å²) in [5.74, 6) is 0.390. The number of carbonyl (C=O) groups is 1. The average Bonchev–Trinajstić information content (AvgIpc) is 2.64. The molecule has 0 fully saturated rings. The van der Waals surface area contributed by atoms with Crippen molar-refractivity contribution >= 4 is 28.4 Å². The molecule has 6 heteroatoms. The van der Waals surface area contributed by atoms with Gasteiger partial charge in [0.15, 0.2) is 0 Å². The summed E-state index contributed by atoms with van der Waals surface area (Å²) in [5, 5.41) is 4.34. The number of aromatic nitrogens is 2. The van der Waals surface area contributed by atoms with Crippen molar-refractivity contribution in [2.75, 3.05) is 11.9 Å². The molecule has 0 spiro atoms. The molecule has 134 valence electrons. The van der Waals surface area contributed by atoms with E-state index in [1.165, 1.54) is 0 Å². The molecular formula is C20H22N4O2. The molecule has 0 aliphatic heterocycles. The second kappa shape index (κ2) is 7.93. The Labute approximate surface area is 152 Å². The number of esters is 1. The number of aryl methyl sites for hydroxylation is 1. The van der Waals surface area contributed by atoms with Gasteiger partial charge in [0.1, 0.15) is 18.2 Å². The minimum Gasteiger partial charge on any atom is -0.465 e. The van der Waals surface area contributed by atoms with Gasteiger partial charge in [-0.05, 0) is 49.6 Å². The average molecular weight is 350 g/mol. The van der Waals surface area contributed by atoms with Crippen LogP contribution in [0.5, 0.6) is 0 Å². The van der Waals surface area contributed by atoms with E-state index in [1.807, 2.05) is 49.4 Å². The highest BCUT2D eigenvalue weighted by Crippen LogP contribution is 2.26. The summed E-state index contributed by atoms with van der Waals surface area (Å²) in [5.41, 5.74) is 9.76. The van der Waals surface area contributed by atoms with Gasteiger partial charge in [-0.3, -0.25) is 4.79 Å². The molecule has 0 aliphatic carbocycles. The molecule has 0 saturated heterocycles. The van der Waals surface area contributed by atoms with Gasteiger partial charge in [0.05, 0.1) is 12.1 Å². The molecule has 0 radical (unpaired) electrons. The van der Waals surface area contributed by atoms with Crippen LogP contribution < -0.4 is 11.1 Å². The van der Waals surface area contributed by atoms with Crippen LogP contribution in [0.25, 0.3) is 10.9 Å². The van der Waals surface area contributed by atoms with Gasteiger partial charge in [0, 0.05) is 11.1 Å². The van der Waals surface area contributed by atoms with E-state index in [0.29, 0.717) is 13.0 Å². The molecule has 1 aromatic heterocycles. The lowest BCUT2D eigenvalue weighted by atomic mass is 10.1. The molecule has 3 N–H and O–H groups in total. The molecule has 0 amide bonds. The van der Waals surface area contributed by atoms with Crippen LogP contribution >= 0.6 is 0 Å². The Balaban J connectivity index is 1.75. The number of anilines is 2. The third-order valence-electron chi connectivity index (χ3n) is 4.13. The Bertz CT molecular complexity index is 904. The number of nitrogens with one attached hydrogen (secondary N) is 1. The predicted octanol–water partition coefficient (Wildman–Crippen LogP) is 3.11. The quantitative estimate of drug-likeness (QED) is 0.664. The third-order valence-corrected chi connectivity index (χ3v) is 4.13. The predicted molar refractivity (Wildman–Crippen MR) is 102 cm³/mol.